The Balaban J connectivity index is 2.49. The number of methoxy groups -OCH3 is 1. The fourth-order valence-corrected chi connectivity index (χ4v) is 3.16. The van der Waals surface area contributed by atoms with Gasteiger partial charge in [0, 0.05) is 34.5 Å². The highest BCUT2D eigenvalue weighted by Crippen LogP contribution is 2.28. The highest BCUT2D eigenvalue weighted by Gasteiger charge is 2.12. The van der Waals surface area contributed by atoms with Gasteiger partial charge in [-0.1, -0.05) is 6.92 Å². The van der Waals surface area contributed by atoms with Crippen LogP contribution in [0.15, 0.2) is 15.9 Å². The minimum absolute atomic E-state index is 0.478. The number of hydrogen-bond acceptors (Lipinski definition) is 3. The molecule has 2 nitrogen and oxygen atoms in total. The van der Waals surface area contributed by atoms with Crippen LogP contribution < -0.4 is 5.32 Å². The molecule has 0 radical (unpaired) electrons. The number of halogens is 1. The van der Waals surface area contributed by atoms with Gasteiger partial charge in [0.25, 0.3) is 0 Å². The summed E-state index contributed by atoms with van der Waals surface area (Å²) in [4.78, 5) is 1.41. The van der Waals surface area contributed by atoms with Gasteiger partial charge in [-0.3, -0.25) is 0 Å². The summed E-state index contributed by atoms with van der Waals surface area (Å²) in [5.41, 5.74) is 0. The Kier molecular flexibility index (Phi) is 7.28. The molecule has 92 valence electrons. The predicted octanol–water partition coefficient (Wildman–Crippen LogP) is 3.98. The van der Waals surface area contributed by atoms with Gasteiger partial charge in [0.05, 0.1) is 0 Å². The van der Waals surface area contributed by atoms with Crippen molar-refractivity contribution in [1.82, 2.24) is 5.32 Å². The molecule has 0 saturated heterocycles. The van der Waals surface area contributed by atoms with Gasteiger partial charge in [0.2, 0.25) is 0 Å². The summed E-state index contributed by atoms with van der Waals surface area (Å²) in [5, 5.41) is 5.74. The van der Waals surface area contributed by atoms with E-state index in [1.807, 2.05) is 11.3 Å². The summed E-state index contributed by atoms with van der Waals surface area (Å²) < 4.78 is 6.29. The van der Waals surface area contributed by atoms with Crippen LogP contribution >= 0.6 is 27.3 Å². The van der Waals surface area contributed by atoms with E-state index in [9.17, 15) is 0 Å². The number of nitrogens with one attached hydrogen (secondary N) is 1. The van der Waals surface area contributed by atoms with Crippen LogP contribution in [0.4, 0.5) is 0 Å². The lowest BCUT2D eigenvalue weighted by Gasteiger charge is -2.16. The van der Waals surface area contributed by atoms with Gasteiger partial charge in [0.1, 0.15) is 0 Å². The van der Waals surface area contributed by atoms with Crippen LogP contribution in [0.3, 0.4) is 0 Å². The third kappa shape index (κ3) is 4.95. The zero-order valence-corrected chi connectivity index (χ0v) is 12.4. The van der Waals surface area contributed by atoms with Crippen molar-refractivity contribution in [1.29, 1.82) is 0 Å². The summed E-state index contributed by atoms with van der Waals surface area (Å²) in [6, 6.07) is 2.69. The van der Waals surface area contributed by atoms with Crippen molar-refractivity contribution in [3.8, 4) is 0 Å². The lowest BCUT2D eigenvalue weighted by Crippen LogP contribution is -2.21. The van der Waals surface area contributed by atoms with Crippen LogP contribution in [0.5, 0.6) is 0 Å². The summed E-state index contributed by atoms with van der Waals surface area (Å²) in [7, 11) is 1.76. The summed E-state index contributed by atoms with van der Waals surface area (Å²) in [5.74, 6) is 0. The second-order valence-electron chi connectivity index (χ2n) is 3.81. The Morgan fingerprint density at radius 2 is 2.38 bits per heavy atom. The lowest BCUT2D eigenvalue weighted by atomic mass is 10.1. The SMILES string of the molecule is CCCNC(CCCOC)c1cc(Br)cs1. The first-order chi connectivity index (χ1) is 7.77. The molecule has 1 aromatic heterocycles. The number of rotatable bonds is 8. The highest BCUT2D eigenvalue weighted by molar-refractivity contribution is 9.10. The van der Waals surface area contributed by atoms with E-state index >= 15 is 0 Å². The lowest BCUT2D eigenvalue weighted by molar-refractivity contribution is 0.189. The maximum atomic E-state index is 5.10. The van der Waals surface area contributed by atoms with E-state index in [1.54, 1.807) is 7.11 Å². The van der Waals surface area contributed by atoms with E-state index in [2.05, 4.69) is 39.6 Å². The molecule has 0 fully saturated rings. The molecule has 1 N–H and O–H groups in total. The maximum Gasteiger partial charge on any atom is 0.0462 e. The molecule has 16 heavy (non-hydrogen) atoms. The fourth-order valence-electron chi connectivity index (χ4n) is 1.61. The number of thiophene rings is 1. The topological polar surface area (TPSA) is 21.3 Å². The Hall–Kier alpha value is 0.1000. The summed E-state index contributed by atoms with van der Waals surface area (Å²) in [6.45, 7) is 4.12. The fraction of sp³-hybridized carbons (Fsp3) is 0.667. The van der Waals surface area contributed by atoms with Crippen molar-refractivity contribution in [2.45, 2.75) is 32.2 Å². The van der Waals surface area contributed by atoms with Crippen molar-refractivity contribution in [3.63, 3.8) is 0 Å². The normalized spacial score (nSPS) is 12.9. The molecule has 1 atom stereocenters. The Morgan fingerprint density at radius 3 is 2.94 bits per heavy atom. The Labute approximate surface area is 111 Å². The first-order valence-electron chi connectivity index (χ1n) is 5.74. The molecule has 0 spiro atoms. The van der Waals surface area contributed by atoms with E-state index < -0.39 is 0 Å². The smallest absolute Gasteiger partial charge is 0.0462 e. The number of ether oxygens (including phenoxy) is 1. The standard InChI is InChI=1S/C12H20BrNOS/c1-3-6-14-11(5-4-7-15-2)12-8-10(13)9-16-12/h8-9,11,14H,3-7H2,1-2H3. The second-order valence-corrected chi connectivity index (χ2v) is 5.67. The van der Waals surface area contributed by atoms with E-state index in [0.29, 0.717) is 6.04 Å². The van der Waals surface area contributed by atoms with E-state index in [1.165, 1.54) is 15.8 Å². The van der Waals surface area contributed by atoms with Crippen LogP contribution in [0.1, 0.15) is 37.1 Å². The average molecular weight is 306 g/mol. The molecular formula is C12H20BrNOS. The molecule has 1 rings (SSSR count). The molecule has 1 heterocycles. The molecule has 0 amide bonds. The Morgan fingerprint density at radius 1 is 1.56 bits per heavy atom. The van der Waals surface area contributed by atoms with E-state index in [4.69, 9.17) is 4.74 Å². The maximum absolute atomic E-state index is 5.10. The van der Waals surface area contributed by atoms with Gasteiger partial charge in [-0.25, -0.2) is 0 Å². The molecule has 0 aliphatic heterocycles. The van der Waals surface area contributed by atoms with Crippen molar-refractivity contribution in [2.24, 2.45) is 0 Å². The molecule has 0 saturated carbocycles. The molecule has 0 aliphatic rings. The predicted molar refractivity (Wildman–Crippen MR) is 74.2 cm³/mol. The Bertz CT molecular complexity index is 290. The first kappa shape index (κ1) is 14.2. The minimum atomic E-state index is 0.478. The molecule has 1 unspecified atom stereocenters. The van der Waals surface area contributed by atoms with Gasteiger partial charge in [-0.2, -0.15) is 0 Å². The van der Waals surface area contributed by atoms with Crippen LogP contribution in [0.2, 0.25) is 0 Å². The third-order valence-corrected chi connectivity index (χ3v) is 4.22. The largest absolute Gasteiger partial charge is 0.385 e. The van der Waals surface area contributed by atoms with Crippen LogP contribution in [-0.4, -0.2) is 20.3 Å². The van der Waals surface area contributed by atoms with Crippen molar-refractivity contribution < 1.29 is 4.74 Å². The monoisotopic (exact) mass is 305 g/mol. The zero-order valence-electron chi connectivity index (χ0n) is 9.96. The molecule has 0 bridgehead atoms. The van der Waals surface area contributed by atoms with Crippen LogP contribution in [0, 0.1) is 0 Å². The van der Waals surface area contributed by atoms with E-state index in [-0.39, 0.29) is 0 Å². The quantitative estimate of drug-likeness (QED) is 0.734. The van der Waals surface area contributed by atoms with Crippen LogP contribution in [0.25, 0.3) is 0 Å². The third-order valence-electron chi connectivity index (χ3n) is 2.41. The average Bonchev–Trinajstić information content (AvgIpc) is 2.70. The second kappa shape index (κ2) is 8.23. The van der Waals surface area contributed by atoms with Gasteiger partial charge >= 0.3 is 0 Å². The van der Waals surface area contributed by atoms with Crippen LogP contribution in [-0.2, 0) is 4.74 Å². The molecule has 1 aromatic rings. The minimum Gasteiger partial charge on any atom is -0.385 e. The van der Waals surface area contributed by atoms with Crippen molar-refractivity contribution in [2.75, 3.05) is 20.3 Å². The van der Waals surface area contributed by atoms with Crippen molar-refractivity contribution >= 4 is 27.3 Å². The summed E-state index contributed by atoms with van der Waals surface area (Å²) >= 11 is 5.32. The molecular weight excluding hydrogens is 286 g/mol. The molecule has 0 aliphatic carbocycles. The van der Waals surface area contributed by atoms with Crippen molar-refractivity contribution in [3.05, 3.63) is 20.8 Å². The highest BCUT2D eigenvalue weighted by atomic mass is 79.9. The first-order valence-corrected chi connectivity index (χ1v) is 7.41. The van der Waals surface area contributed by atoms with Gasteiger partial charge in [-0.15, -0.1) is 11.3 Å². The number of hydrogen-bond donors (Lipinski definition) is 1. The van der Waals surface area contributed by atoms with Gasteiger partial charge < -0.3 is 10.1 Å². The van der Waals surface area contributed by atoms with Gasteiger partial charge in [0.15, 0.2) is 0 Å². The molecule has 4 heteroatoms. The zero-order chi connectivity index (χ0) is 11.8. The summed E-state index contributed by atoms with van der Waals surface area (Å²) in [6.07, 6.45) is 3.42. The van der Waals surface area contributed by atoms with E-state index in [0.717, 1.165) is 26.0 Å². The van der Waals surface area contributed by atoms with Gasteiger partial charge in [-0.05, 0) is 47.8 Å². The molecule has 0 aromatic carbocycles.